The lowest BCUT2D eigenvalue weighted by Gasteiger charge is -2.33. The number of nitro benzene ring substituents is 1. The molecule has 2 atom stereocenters. The van der Waals surface area contributed by atoms with Gasteiger partial charge in [0.15, 0.2) is 5.17 Å². The second-order valence-electron chi connectivity index (χ2n) is 6.97. The lowest BCUT2D eigenvalue weighted by atomic mass is 10.1. The first-order valence-electron chi connectivity index (χ1n) is 8.82. The van der Waals surface area contributed by atoms with Crippen LogP contribution in [-0.2, 0) is 0 Å². The predicted octanol–water partition coefficient (Wildman–Crippen LogP) is 3.94. The third kappa shape index (κ3) is 3.53. The van der Waals surface area contributed by atoms with E-state index in [1.165, 1.54) is 18.9 Å². The summed E-state index contributed by atoms with van der Waals surface area (Å²) in [4.78, 5) is 17.9. The quantitative estimate of drug-likeness (QED) is 0.647. The van der Waals surface area contributed by atoms with Gasteiger partial charge < -0.3 is 10.0 Å². The maximum Gasteiger partial charge on any atom is 0.272 e. The van der Waals surface area contributed by atoms with Crippen LogP contribution in [0.3, 0.4) is 0 Å². The van der Waals surface area contributed by atoms with Crippen molar-refractivity contribution in [3.63, 3.8) is 0 Å². The Bertz CT molecular complexity index is 699. The Morgan fingerprint density at radius 2 is 2.00 bits per heavy atom. The summed E-state index contributed by atoms with van der Waals surface area (Å²) in [5, 5.41) is 22.2. The molecule has 1 saturated carbocycles. The topological polar surface area (TPSA) is 79.0 Å². The van der Waals surface area contributed by atoms with E-state index in [9.17, 15) is 15.2 Å². The fourth-order valence-electron chi connectivity index (χ4n) is 3.74. The summed E-state index contributed by atoms with van der Waals surface area (Å²) in [5.74, 6) is 0.831. The number of benzene rings is 1. The number of aliphatic hydroxyl groups excluding tert-OH is 1. The zero-order chi connectivity index (χ0) is 18.1. The minimum Gasteiger partial charge on any atom is -0.391 e. The smallest absolute Gasteiger partial charge is 0.272 e. The molecule has 1 saturated heterocycles. The molecule has 3 rings (SSSR count). The first-order chi connectivity index (χ1) is 11.9. The predicted molar refractivity (Wildman–Crippen MR) is 102 cm³/mol. The Labute approximate surface area is 152 Å². The van der Waals surface area contributed by atoms with Gasteiger partial charge in [0.25, 0.3) is 5.69 Å². The van der Waals surface area contributed by atoms with Crippen LogP contribution in [0, 0.1) is 24.0 Å². The normalized spacial score (nSPS) is 24.2. The maximum atomic E-state index is 11.1. The summed E-state index contributed by atoms with van der Waals surface area (Å²) >= 11 is 1.68. The van der Waals surface area contributed by atoms with Crippen LogP contribution in [0.25, 0.3) is 0 Å². The van der Waals surface area contributed by atoms with Crippen molar-refractivity contribution in [2.24, 2.45) is 4.99 Å². The Kier molecular flexibility index (Phi) is 5.34. The molecular weight excluding hydrogens is 338 g/mol. The first-order valence-corrected chi connectivity index (χ1v) is 9.81. The molecule has 0 amide bonds. The van der Waals surface area contributed by atoms with Crippen LogP contribution < -0.4 is 0 Å². The van der Waals surface area contributed by atoms with Gasteiger partial charge in [0.2, 0.25) is 0 Å². The molecule has 6 nitrogen and oxygen atoms in total. The Morgan fingerprint density at radius 3 is 2.60 bits per heavy atom. The van der Waals surface area contributed by atoms with Crippen molar-refractivity contribution in [2.45, 2.75) is 64.6 Å². The fourth-order valence-corrected chi connectivity index (χ4v) is 5.10. The second kappa shape index (κ2) is 7.33. The van der Waals surface area contributed by atoms with Gasteiger partial charge in [-0.25, -0.2) is 4.99 Å². The van der Waals surface area contributed by atoms with E-state index in [1.54, 1.807) is 24.8 Å². The average molecular weight is 363 g/mol. The van der Waals surface area contributed by atoms with E-state index in [-0.39, 0.29) is 16.7 Å². The van der Waals surface area contributed by atoms with Crippen LogP contribution in [0.4, 0.5) is 11.4 Å². The number of hydrogen-bond donors (Lipinski definition) is 1. The van der Waals surface area contributed by atoms with Gasteiger partial charge in [0.1, 0.15) is 0 Å². The minimum absolute atomic E-state index is 0.0892. The number of nitrogens with zero attached hydrogens (tertiary/aromatic N) is 3. The number of amidine groups is 1. The van der Waals surface area contributed by atoms with E-state index >= 15 is 0 Å². The van der Waals surface area contributed by atoms with Gasteiger partial charge in [0, 0.05) is 23.4 Å². The molecule has 1 unspecified atom stereocenters. The highest BCUT2D eigenvalue weighted by Crippen LogP contribution is 2.37. The van der Waals surface area contributed by atoms with E-state index in [0.29, 0.717) is 11.6 Å². The third-order valence-corrected chi connectivity index (χ3v) is 6.45. The van der Waals surface area contributed by atoms with Crippen molar-refractivity contribution in [1.29, 1.82) is 0 Å². The summed E-state index contributed by atoms with van der Waals surface area (Å²) in [7, 11) is 0. The number of aliphatic hydroxyl groups is 1. The van der Waals surface area contributed by atoms with E-state index < -0.39 is 6.10 Å². The second-order valence-corrected chi connectivity index (χ2v) is 7.96. The standard InChI is InChI=1S/C18H25N3O3S/c1-11-12(2)16(21(23)24)9-8-15(11)19-18-20(14-6-4-5-7-14)17(10-25-18)13(3)22/h8-9,13-14,17,22H,4-7,10H2,1-3H3/t13?,17-/m1/s1. The van der Waals surface area contributed by atoms with Crippen molar-refractivity contribution in [1.82, 2.24) is 4.90 Å². The molecule has 1 aliphatic heterocycles. The molecule has 2 fully saturated rings. The lowest BCUT2D eigenvalue weighted by molar-refractivity contribution is -0.385. The molecular formula is C18H25N3O3S. The molecule has 1 heterocycles. The highest BCUT2D eigenvalue weighted by Gasteiger charge is 2.39. The van der Waals surface area contributed by atoms with Crippen LogP contribution in [0.15, 0.2) is 17.1 Å². The van der Waals surface area contributed by atoms with E-state index in [2.05, 4.69) is 4.90 Å². The number of thioether (sulfide) groups is 1. The summed E-state index contributed by atoms with van der Waals surface area (Å²) in [6.45, 7) is 5.50. The monoisotopic (exact) mass is 363 g/mol. The molecule has 1 aromatic carbocycles. The van der Waals surface area contributed by atoms with E-state index in [1.807, 2.05) is 13.8 Å². The molecule has 0 bridgehead atoms. The van der Waals surface area contributed by atoms with Crippen molar-refractivity contribution in [2.75, 3.05) is 5.75 Å². The number of nitro groups is 1. The largest absolute Gasteiger partial charge is 0.391 e. The summed E-state index contributed by atoms with van der Waals surface area (Å²) in [6.07, 6.45) is 4.32. The van der Waals surface area contributed by atoms with Gasteiger partial charge in [-0.2, -0.15) is 0 Å². The molecule has 0 spiro atoms. The summed E-state index contributed by atoms with van der Waals surface area (Å²) < 4.78 is 0. The Morgan fingerprint density at radius 1 is 1.32 bits per heavy atom. The maximum absolute atomic E-state index is 11.1. The molecule has 136 valence electrons. The number of rotatable bonds is 4. The van der Waals surface area contributed by atoms with Gasteiger partial charge in [-0.1, -0.05) is 24.6 Å². The number of aliphatic imine (C=N–C) groups is 1. The average Bonchev–Trinajstić information content (AvgIpc) is 3.20. The fraction of sp³-hybridized carbons (Fsp3) is 0.611. The molecule has 0 radical (unpaired) electrons. The highest BCUT2D eigenvalue weighted by atomic mass is 32.2. The molecule has 2 aliphatic rings. The number of hydrogen-bond acceptors (Lipinski definition) is 5. The van der Waals surface area contributed by atoms with E-state index in [4.69, 9.17) is 4.99 Å². The van der Waals surface area contributed by atoms with Gasteiger partial charge in [-0.15, -0.1) is 0 Å². The minimum atomic E-state index is -0.402. The van der Waals surface area contributed by atoms with Crippen LogP contribution in [0.2, 0.25) is 0 Å². The third-order valence-electron chi connectivity index (χ3n) is 5.38. The van der Waals surface area contributed by atoms with Gasteiger partial charge in [-0.05, 0) is 45.2 Å². The SMILES string of the molecule is Cc1c(N=C2SC[C@H](C(C)O)N2C2CCCC2)ccc([N+](=O)[O-])c1C. The Balaban J connectivity index is 1.96. The highest BCUT2D eigenvalue weighted by molar-refractivity contribution is 8.14. The first kappa shape index (κ1) is 18.2. The Hall–Kier alpha value is -1.60. The molecule has 25 heavy (non-hydrogen) atoms. The van der Waals surface area contributed by atoms with Crippen molar-refractivity contribution >= 4 is 28.3 Å². The van der Waals surface area contributed by atoms with Crippen LogP contribution in [-0.4, -0.2) is 44.0 Å². The summed E-state index contributed by atoms with van der Waals surface area (Å²) in [6, 6.07) is 3.79. The molecule has 1 N–H and O–H groups in total. The van der Waals surface area contributed by atoms with Crippen LogP contribution in [0.5, 0.6) is 0 Å². The lowest BCUT2D eigenvalue weighted by Crippen LogP contribution is -2.46. The van der Waals surface area contributed by atoms with Gasteiger partial charge in [-0.3, -0.25) is 10.1 Å². The molecule has 7 heteroatoms. The van der Waals surface area contributed by atoms with Gasteiger partial charge in [0.05, 0.1) is 22.8 Å². The van der Waals surface area contributed by atoms with Crippen LogP contribution in [0.1, 0.15) is 43.7 Å². The van der Waals surface area contributed by atoms with Crippen molar-refractivity contribution in [3.8, 4) is 0 Å². The van der Waals surface area contributed by atoms with Gasteiger partial charge >= 0.3 is 0 Å². The molecule has 1 aliphatic carbocycles. The molecule has 1 aromatic rings. The van der Waals surface area contributed by atoms with Crippen molar-refractivity contribution in [3.05, 3.63) is 33.4 Å². The molecule has 0 aromatic heterocycles. The zero-order valence-electron chi connectivity index (χ0n) is 14.9. The van der Waals surface area contributed by atoms with Crippen molar-refractivity contribution < 1.29 is 10.0 Å². The zero-order valence-corrected chi connectivity index (χ0v) is 15.8. The summed E-state index contributed by atoms with van der Waals surface area (Å²) in [5.41, 5.74) is 2.42. The van der Waals surface area contributed by atoms with Crippen LogP contribution >= 0.6 is 11.8 Å². The van der Waals surface area contributed by atoms with E-state index in [0.717, 1.165) is 35.0 Å².